The van der Waals surface area contributed by atoms with Crippen LogP contribution in [0.2, 0.25) is 0 Å². The summed E-state index contributed by atoms with van der Waals surface area (Å²) in [6, 6.07) is -0.743. The standard InChI is InChI=1S/C51H81NO7/c1-6-8-10-12-14-16-18-20-21-22-23-24-25-26-27-28-29-30-32-33-35-37-39-41-49(53)58-46-47(45-57-44-43-48(51(55)56)52(3,4)5)59-50(54)42-40-38-36-34-31-19-17-15-13-11-9-7-2/h8-11,14-17,20-21,23-24,26-27,29-31,34,47-48H,6-7,12-13,18-19,22,25,28,32-33,35-46H2,1-5H3/b10-8+,11-9+,16-14+,17-15+,21-20+,24-23+,27-26+,30-29+,34-31+. The number of rotatable bonds is 38. The van der Waals surface area contributed by atoms with E-state index in [1.165, 1.54) is 0 Å². The van der Waals surface area contributed by atoms with Gasteiger partial charge in [0, 0.05) is 19.3 Å². The third-order valence-electron chi connectivity index (χ3n) is 9.15. The van der Waals surface area contributed by atoms with Gasteiger partial charge in [-0.3, -0.25) is 9.59 Å². The number of ether oxygens (including phenoxy) is 3. The van der Waals surface area contributed by atoms with Crippen LogP contribution in [-0.4, -0.2) is 75.5 Å². The largest absolute Gasteiger partial charge is 0.544 e. The van der Waals surface area contributed by atoms with Gasteiger partial charge in [-0.1, -0.05) is 136 Å². The van der Waals surface area contributed by atoms with Gasteiger partial charge in [0.15, 0.2) is 6.10 Å². The summed E-state index contributed by atoms with van der Waals surface area (Å²) in [5.74, 6) is -1.84. The fourth-order valence-electron chi connectivity index (χ4n) is 5.73. The maximum absolute atomic E-state index is 12.7. The molecular weight excluding hydrogens is 739 g/mol. The number of quaternary nitrogens is 1. The maximum atomic E-state index is 12.7. The molecule has 0 amide bonds. The summed E-state index contributed by atoms with van der Waals surface area (Å²) in [6.45, 7) is 4.33. The number of likely N-dealkylation sites (N-methyl/N-ethyl adjacent to an activating group) is 1. The molecule has 0 saturated carbocycles. The van der Waals surface area contributed by atoms with Crippen LogP contribution in [-0.2, 0) is 28.6 Å². The summed E-state index contributed by atoms with van der Waals surface area (Å²) in [7, 11) is 5.37. The topological polar surface area (TPSA) is 102 Å². The Balaban J connectivity index is 4.39. The van der Waals surface area contributed by atoms with Crippen LogP contribution in [0.15, 0.2) is 109 Å². The lowest BCUT2D eigenvalue weighted by Gasteiger charge is -2.34. The van der Waals surface area contributed by atoms with E-state index in [0.717, 1.165) is 103 Å². The number of esters is 2. The monoisotopic (exact) mass is 820 g/mol. The first-order valence-electron chi connectivity index (χ1n) is 22.4. The van der Waals surface area contributed by atoms with Gasteiger partial charge in [-0.15, -0.1) is 0 Å². The number of carboxylic acids is 1. The van der Waals surface area contributed by atoms with Crippen molar-refractivity contribution in [2.24, 2.45) is 0 Å². The Kier molecular flexibility index (Phi) is 38.0. The van der Waals surface area contributed by atoms with E-state index in [0.29, 0.717) is 12.8 Å². The van der Waals surface area contributed by atoms with E-state index in [9.17, 15) is 19.5 Å². The van der Waals surface area contributed by atoms with Gasteiger partial charge < -0.3 is 28.6 Å². The zero-order chi connectivity index (χ0) is 43.5. The van der Waals surface area contributed by atoms with E-state index >= 15 is 0 Å². The normalized spacial score (nSPS) is 14.0. The highest BCUT2D eigenvalue weighted by Crippen LogP contribution is 2.11. The Morgan fingerprint density at radius 3 is 1.34 bits per heavy atom. The van der Waals surface area contributed by atoms with Crippen molar-refractivity contribution in [1.29, 1.82) is 0 Å². The fraction of sp³-hybridized carbons (Fsp3) is 0.588. The molecule has 0 fully saturated rings. The summed E-state index contributed by atoms with van der Waals surface area (Å²) in [6.07, 6.45) is 55.5. The second kappa shape index (κ2) is 40.8. The quantitative estimate of drug-likeness (QED) is 0.0264. The number of hydrogen-bond acceptors (Lipinski definition) is 7. The maximum Gasteiger partial charge on any atom is 0.306 e. The number of aliphatic carboxylic acids is 1. The van der Waals surface area contributed by atoms with Gasteiger partial charge in [-0.25, -0.2) is 0 Å². The van der Waals surface area contributed by atoms with Crippen molar-refractivity contribution >= 4 is 17.9 Å². The van der Waals surface area contributed by atoms with E-state index in [1.807, 2.05) is 0 Å². The van der Waals surface area contributed by atoms with Crippen molar-refractivity contribution in [1.82, 2.24) is 0 Å². The van der Waals surface area contributed by atoms with Crippen LogP contribution in [0.4, 0.5) is 0 Å². The SMILES string of the molecule is CC/C=C/C/C=C/C/C=C/C/C=C/C/C=C/C/C=C/CCCCCCC(=O)OCC(COCCC(C(=O)[O-])[N+](C)(C)C)OC(=O)CCCC/C=C/C/C=C/C/C=C/CC. The first-order chi connectivity index (χ1) is 28.6. The van der Waals surface area contributed by atoms with Gasteiger partial charge in [-0.2, -0.15) is 0 Å². The molecule has 2 unspecified atom stereocenters. The number of carboxylic acid groups (broad SMARTS) is 1. The average Bonchev–Trinajstić information content (AvgIpc) is 3.19. The molecule has 0 radical (unpaired) electrons. The number of nitrogens with zero attached hydrogens (tertiary/aromatic N) is 1. The van der Waals surface area contributed by atoms with Gasteiger partial charge >= 0.3 is 11.9 Å². The predicted octanol–water partition coefficient (Wildman–Crippen LogP) is 11.1. The molecule has 0 rings (SSSR count). The van der Waals surface area contributed by atoms with E-state index in [1.54, 1.807) is 21.1 Å². The van der Waals surface area contributed by atoms with Gasteiger partial charge in [-0.05, 0) is 96.3 Å². The molecule has 8 nitrogen and oxygen atoms in total. The van der Waals surface area contributed by atoms with Crippen LogP contribution in [0, 0.1) is 0 Å². The second-order valence-corrected chi connectivity index (χ2v) is 15.5. The highest BCUT2D eigenvalue weighted by Gasteiger charge is 2.25. The van der Waals surface area contributed by atoms with Gasteiger partial charge in [0.25, 0.3) is 0 Å². The second-order valence-electron chi connectivity index (χ2n) is 15.5. The molecule has 59 heavy (non-hydrogen) atoms. The molecule has 0 spiro atoms. The summed E-state index contributed by atoms with van der Waals surface area (Å²) in [5.41, 5.74) is 0. The molecule has 0 aromatic heterocycles. The van der Waals surface area contributed by atoms with Gasteiger partial charge in [0.05, 0.1) is 40.3 Å². The minimum Gasteiger partial charge on any atom is -0.544 e. The van der Waals surface area contributed by atoms with Crippen molar-refractivity contribution in [3.8, 4) is 0 Å². The summed E-state index contributed by atoms with van der Waals surface area (Å²) >= 11 is 0. The van der Waals surface area contributed by atoms with Crippen molar-refractivity contribution in [2.45, 2.75) is 154 Å². The minimum atomic E-state index is -1.14. The molecule has 0 bridgehead atoms. The average molecular weight is 820 g/mol. The molecule has 0 saturated heterocycles. The number of carbonyl (C=O) groups excluding carboxylic acids is 3. The van der Waals surface area contributed by atoms with E-state index < -0.39 is 18.1 Å². The Morgan fingerprint density at radius 1 is 0.508 bits per heavy atom. The fourth-order valence-corrected chi connectivity index (χ4v) is 5.73. The smallest absolute Gasteiger partial charge is 0.306 e. The number of carbonyl (C=O) groups is 3. The van der Waals surface area contributed by atoms with Crippen LogP contribution in [0.1, 0.15) is 142 Å². The lowest BCUT2D eigenvalue weighted by atomic mass is 10.1. The van der Waals surface area contributed by atoms with E-state index in [2.05, 4.69) is 123 Å². The van der Waals surface area contributed by atoms with Crippen molar-refractivity contribution in [3.63, 3.8) is 0 Å². The lowest BCUT2D eigenvalue weighted by molar-refractivity contribution is -0.889. The Morgan fingerprint density at radius 2 is 0.898 bits per heavy atom. The summed E-state index contributed by atoms with van der Waals surface area (Å²) in [5, 5.41) is 11.6. The molecule has 0 N–H and O–H groups in total. The van der Waals surface area contributed by atoms with E-state index in [4.69, 9.17) is 14.2 Å². The van der Waals surface area contributed by atoms with Crippen LogP contribution >= 0.6 is 0 Å². The van der Waals surface area contributed by atoms with Crippen LogP contribution < -0.4 is 5.11 Å². The van der Waals surface area contributed by atoms with Gasteiger partial charge in [0.2, 0.25) is 0 Å². The van der Waals surface area contributed by atoms with Crippen LogP contribution in [0.5, 0.6) is 0 Å². The molecule has 332 valence electrons. The Hall–Kier alpha value is -4.01. The molecule has 0 aromatic carbocycles. The molecule has 0 heterocycles. The molecule has 0 aromatic rings. The molecule has 0 aliphatic heterocycles. The van der Waals surface area contributed by atoms with Crippen molar-refractivity contribution in [2.75, 3.05) is 41.0 Å². The molecular formula is C51H81NO7. The molecule has 0 aliphatic carbocycles. The first kappa shape index (κ1) is 55.0. The first-order valence-corrected chi connectivity index (χ1v) is 22.4. The number of allylic oxidation sites excluding steroid dienone is 18. The van der Waals surface area contributed by atoms with Crippen molar-refractivity contribution < 1.29 is 38.2 Å². The number of unbranched alkanes of at least 4 members (excludes halogenated alkanes) is 6. The lowest BCUT2D eigenvalue weighted by Crippen LogP contribution is -2.55. The Bertz CT molecular complexity index is 1330. The zero-order valence-electron chi connectivity index (χ0n) is 37.6. The Labute approximate surface area is 359 Å². The third kappa shape index (κ3) is 39.2. The van der Waals surface area contributed by atoms with Crippen molar-refractivity contribution in [3.05, 3.63) is 109 Å². The van der Waals surface area contributed by atoms with Gasteiger partial charge in [0.1, 0.15) is 12.6 Å². The van der Waals surface area contributed by atoms with Crippen LogP contribution in [0.25, 0.3) is 0 Å². The summed E-state index contributed by atoms with van der Waals surface area (Å²) in [4.78, 5) is 36.8. The predicted molar refractivity (Wildman–Crippen MR) is 244 cm³/mol. The zero-order valence-corrected chi connectivity index (χ0v) is 37.6. The molecule has 0 aliphatic rings. The number of hydrogen-bond donors (Lipinski definition) is 0. The van der Waals surface area contributed by atoms with Crippen LogP contribution in [0.3, 0.4) is 0 Å². The molecule has 2 atom stereocenters. The highest BCUT2D eigenvalue weighted by atomic mass is 16.6. The third-order valence-corrected chi connectivity index (χ3v) is 9.15. The molecule has 8 heteroatoms. The van der Waals surface area contributed by atoms with E-state index in [-0.39, 0.29) is 49.1 Å². The highest BCUT2D eigenvalue weighted by molar-refractivity contribution is 5.70. The minimum absolute atomic E-state index is 0.00895. The summed E-state index contributed by atoms with van der Waals surface area (Å²) < 4.78 is 17.1.